The first-order valence-electron chi connectivity index (χ1n) is 8.23. The minimum absolute atomic E-state index is 0.259. The van der Waals surface area contributed by atoms with Crippen molar-refractivity contribution in [2.24, 2.45) is 0 Å². The molecule has 0 spiro atoms. The van der Waals surface area contributed by atoms with Crippen LogP contribution in [0.2, 0.25) is 15.2 Å². The van der Waals surface area contributed by atoms with Crippen LogP contribution in [0.15, 0.2) is 41.5 Å². The van der Waals surface area contributed by atoms with E-state index in [1.807, 2.05) is 6.92 Å². The minimum atomic E-state index is -1.31. The molecule has 0 bridgehead atoms. The SMILES string of the molecule is CCn1c(Cc2cnc(Cl)cn2)cc(=O)c(C(=O)O)c1-c1ccc(Cl)c(Cl)c1. The van der Waals surface area contributed by atoms with E-state index in [1.165, 1.54) is 18.5 Å². The highest BCUT2D eigenvalue weighted by atomic mass is 35.5. The number of hydrogen-bond acceptors (Lipinski definition) is 4. The van der Waals surface area contributed by atoms with Crippen LogP contribution >= 0.6 is 34.8 Å². The van der Waals surface area contributed by atoms with Crippen LogP contribution in [0.25, 0.3) is 11.3 Å². The summed E-state index contributed by atoms with van der Waals surface area (Å²) in [7, 11) is 0. The van der Waals surface area contributed by atoms with Gasteiger partial charge < -0.3 is 9.67 Å². The molecule has 3 rings (SSSR count). The highest BCUT2D eigenvalue weighted by Crippen LogP contribution is 2.30. The van der Waals surface area contributed by atoms with Gasteiger partial charge >= 0.3 is 5.97 Å². The molecular weight excluding hydrogens is 425 g/mol. The van der Waals surface area contributed by atoms with Crippen molar-refractivity contribution in [1.82, 2.24) is 14.5 Å². The Morgan fingerprint density at radius 2 is 1.86 bits per heavy atom. The van der Waals surface area contributed by atoms with Crippen molar-refractivity contribution in [1.29, 1.82) is 0 Å². The molecular formula is C19H14Cl3N3O3. The van der Waals surface area contributed by atoms with Gasteiger partial charge in [0.05, 0.1) is 33.8 Å². The third-order valence-electron chi connectivity index (χ3n) is 4.16. The van der Waals surface area contributed by atoms with E-state index in [4.69, 9.17) is 34.8 Å². The first-order chi connectivity index (χ1) is 13.3. The lowest BCUT2D eigenvalue weighted by molar-refractivity contribution is 0.0695. The second-order valence-electron chi connectivity index (χ2n) is 5.91. The predicted octanol–water partition coefficient (Wildman–Crippen LogP) is 4.57. The van der Waals surface area contributed by atoms with Crippen LogP contribution in [-0.4, -0.2) is 25.6 Å². The summed E-state index contributed by atoms with van der Waals surface area (Å²) < 4.78 is 1.75. The van der Waals surface area contributed by atoms with Crippen molar-refractivity contribution >= 4 is 40.8 Å². The molecule has 9 heteroatoms. The molecule has 1 N–H and O–H groups in total. The Labute approximate surface area is 175 Å². The summed E-state index contributed by atoms with van der Waals surface area (Å²) in [4.78, 5) is 32.7. The molecule has 3 aromatic rings. The predicted molar refractivity (Wildman–Crippen MR) is 109 cm³/mol. The maximum absolute atomic E-state index is 12.6. The van der Waals surface area contributed by atoms with Gasteiger partial charge in [0.25, 0.3) is 0 Å². The summed E-state index contributed by atoms with van der Waals surface area (Å²) in [6, 6.07) is 6.05. The summed E-state index contributed by atoms with van der Waals surface area (Å²) in [5.74, 6) is -1.31. The van der Waals surface area contributed by atoms with E-state index in [0.717, 1.165) is 0 Å². The lowest BCUT2D eigenvalue weighted by atomic mass is 10.0. The van der Waals surface area contributed by atoms with Gasteiger partial charge in [-0.15, -0.1) is 0 Å². The smallest absolute Gasteiger partial charge is 0.341 e. The Hall–Kier alpha value is -2.41. The lowest BCUT2D eigenvalue weighted by Gasteiger charge is -2.20. The zero-order valence-electron chi connectivity index (χ0n) is 14.6. The monoisotopic (exact) mass is 437 g/mol. The standard InChI is InChI=1S/C19H14Cl3N3O3/c1-2-25-12(6-11-8-24-16(22)9-23-11)7-15(26)17(19(27)28)18(25)10-3-4-13(20)14(21)5-10/h3-5,7-9H,2,6H2,1H3,(H,27,28). The van der Waals surface area contributed by atoms with Crippen molar-refractivity contribution in [3.8, 4) is 11.3 Å². The first-order valence-corrected chi connectivity index (χ1v) is 9.37. The molecule has 0 aliphatic carbocycles. The van der Waals surface area contributed by atoms with Gasteiger partial charge in [0.1, 0.15) is 10.7 Å². The maximum atomic E-state index is 12.6. The van der Waals surface area contributed by atoms with Crippen molar-refractivity contribution in [3.05, 3.63) is 79.0 Å². The van der Waals surface area contributed by atoms with E-state index in [0.29, 0.717) is 28.5 Å². The van der Waals surface area contributed by atoms with Gasteiger partial charge in [-0.2, -0.15) is 0 Å². The normalized spacial score (nSPS) is 10.9. The van der Waals surface area contributed by atoms with Crippen LogP contribution < -0.4 is 5.43 Å². The zero-order valence-corrected chi connectivity index (χ0v) is 16.9. The van der Waals surface area contributed by atoms with E-state index < -0.39 is 11.4 Å². The Morgan fingerprint density at radius 1 is 1.11 bits per heavy atom. The third kappa shape index (κ3) is 4.04. The molecule has 0 fully saturated rings. The third-order valence-corrected chi connectivity index (χ3v) is 5.09. The number of halogens is 3. The van der Waals surface area contributed by atoms with Crippen molar-refractivity contribution in [3.63, 3.8) is 0 Å². The van der Waals surface area contributed by atoms with Crippen LogP contribution in [0, 0.1) is 0 Å². The number of aromatic nitrogens is 3. The summed E-state index contributed by atoms with van der Waals surface area (Å²) in [6.45, 7) is 2.28. The molecule has 0 unspecified atom stereocenters. The minimum Gasteiger partial charge on any atom is -0.477 e. The second kappa shape index (κ2) is 8.31. The fraction of sp³-hybridized carbons (Fsp3) is 0.158. The van der Waals surface area contributed by atoms with E-state index in [-0.39, 0.29) is 27.9 Å². The average Bonchev–Trinajstić information content (AvgIpc) is 2.65. The van der Waals surface area contributed by atoms with Gasteiger partial charge in [-0.25, -0.2) is 9.78 Å². The summed E-state index contributed by atoms with van der Waals surface area (Å²) in [5.41, 5.74) is 0.999. The molecule has 0 saturated carbocycles. The van der Waals surface area contributed by atoms with Gasteiger partial charge in [0.15, 0.2) is 5.43 Å². The lowest BCUT2D eigenvalue weighted by Crippen LogP contribution is -2.23. The Kier molecular flexibility index (Phi) is 6.03. The van der Waals surface area contributed by atoms with E-state index in [2.05, 4.69) is 9.97 Å². The number of hydrogen-bond donors (Lipinski definition) is 1. The van der Waals surface area contributed by atoms with E-state index >= 15 is 0 Å². The second-order valence-corrected chi connectivity index (χ2v) is 7.11. The Morgan fingerprint density at radius 3 is 2.43 bits per heavy atom. The number of carbonyl (C=O) groups is 1. The topological polar surface area (TPSA) is 85.1 Å². The Balaban J connectivity index is 2.26. The van der Waals surface area contributed by atoms with Crippen molar-refractivity contribution in [2.75, 3.05) is 0 Å². The van der Waals surface area contributed by atoms with Crippen LogP contribution in [0.4, 0.5) is 0 Å². The van der Waals surface area contributed by atoms with Crippen molar-refractivity contribution < 1.29 is 9.90 Å². The van der Waals surface area contributed by atoms with E-state index in [1.54, 1.807) is 22.8 Å². The fourth-order valence-electron chi connectivity index (χ4n) is 2.97. The molecule has 1 aromatic carbocycles. The highest BCUT2D eigenvalue weighted by Gasteiger charge is 2.22. The molecule has 0 atom stereocenters. The highest BCUT2D eigenvalue weighted by molar-refractivity contribution is 6.42. The summed E-state index contributed by atoms with van der Waals surface area (Å²) in [5, 5.41) is 10.5. The molecule has 0 saturated heterocycles. The number of carboxylic acids is 1. The number of aromatic carboxylic acids is 1. The number of carboxylic acid groups (broad SMARTS) is 1. The van der Waals surface area contributed by atoms with Gasteiger partial charge in [-0.05, 0) is 19.1 Å². The molecule has 144 valence electrons. The largest absolute Gasteiger partial charge is 0.477 e. The maximum Gasteiger partial charge on any atom is 0.341 e. The fourth-order valence-corrected chi connectivity index (χ4v) is 3.37. The van der Waals surface area contributed by atoms with Crippen LogP contribution in [-0.2, 0) is 13.0 Å². The quantitative estimate of drug-likeness (QED) is 0.630. The van der Waals surface area contributed by atoms with Crippen molar-refractivity contribution in [2.45, 2.75) is 19.9 Å². The van der Waals surface area contributed by atoms with E-state index in [9.17, 15) is 14.7 Å². The molecule has 2 aromatic heterocycles. The van der Waals surface area contributed by atoms with Gasteiger partial charge in [0, 0.05) is 30.3 Å². The molecule has 0 radical (unpaired) electrons. The van der Waals surface area contributed by atoms with Gasteiger partial charge in [-0.1, -0.05) is 40.9 Å². The van der Waals surface area contributed by atoms with Gasteiger partial charge in [0.2, 0.25) is 0 Å². The molecule has 0 aliphatic rings. The number of nitrogens with zero attached hydrogens (tertiary/aromatic N) is 3. The number of rotatable bonds is 5. The summed E-state index contributed by atoms with van der Waals surface area (Å²) in [6.07, 6.45) is 3.20. The van der Waals surface area contributed by atoms with Crippen LogP contribution in [0.5, 0.6) is 0 Å². The average molecular weight is 439 g/mol. The molecule has 0 aliphatic heterocycles. The first kappa shape index (κ1) is 20.3. The zero-order chi connectivity index (χ0) is 20.4. The van der Waals surface area contributed by atoms with Crippen LogP contribution in [0.1, 0.15) is 28.7 Å². The molecule has 2 heterocycles. The molecule has 28 heavy (non-hydrogen) atoms. The van der Waals surface area contributed by atoms with Crippen LogP contribution in [0.3, 0.4) is 0 Å². The summed E-state index contributed by atoms with van der Waals surface area (Å²) >= 11 is 17.9. The number of pyridine rings is 1. The molecule has 0 amide bonds. The van der Waals surface area contributed by atoms with Gasteiger partial charge in [-0.3, -0.25) is 9.78 Å². The Bertz CT molecular complexity index is 1110. The number of benzene rings is 1. The molecule has 6 nitrogen and oxygen atoms in total.